The van der Waals surface area contributed by atoms with E-state index in [1.807, 2.05) is 26.0 Å². The van der Waals surface area contributed by atoms with E-state index in [1.165, 1.54) is 35.4 Å². The number of halogens is 1. The summed E-state index contributed by atoms with van der Waals surface area (Å²) in [6.45, 7) is 7.72. The van der Waals surface area contributed by atoms with Crippen LogP contribution in [0.25, 0.3) is 0 Å². The summed E-state index contributed by atoms with van der Waals surface area (Å²) < 4.78 is 18.4. The average Bonchev–Trinajstić information content (AvgIpc) is 2.52. The molecule has 0 unspecified atom stereocenters. The fraction of sp³-hybridized carbons (Fsp3) is 0.316. The van der Waals surface area contributed by atoms with Gasteiger partial charge in [0.2, 0.25) is 0 Å². The van der Waals surface area contributed by atoms with Gasteiger partial charge >= 0.3 is 0 Å². The minimum Gasteiger partial charge on any atom is -0.481 e. The number of nitrogens with one attached hydrogen (secondary N) is 1. The van der Waals surface area contributed by atoms with E-state index in [0.29, 0.717) is 5.75 Å². The second kappa shape index (κ2) is 7.27. The van der Waals surface area contributed by atoms with Crippen molar-refractivity contribution in [2.45, 2.75) is 39.8 Å². The van der Waals surface area contributed by atoms with Crippen LogP contribution in [0.4, 0.5) is 4.39 Å². The highest BCUT2D eigenvalue weighted by Crippen LogP contribution is 2.18. The minimum absolute atomic E-state index is 0.110. The van der Waals surface area contributed by atoms with Crippen LogP contribution >= 0.6 is 0 Å². The lowest BCUT2D eigenvalue weighted by atomic mass is 10.0. The first kappa shape index (κ1) is 17.0. The van der Waals surface area contributed by atoms with E-state index in [0.717, 1.165) is 5.56 Å². The number of rotatable bonds is 5. The molecule has 0 fully saturated rings. The molecule has 0 spiro atoms. The van der Waals surface area contributed by atoms with E-state index < -0.39 is 6.10 Å². The van der Waals surface area contributed by atoms with Gasteiger partial charge in [-0.3, -0.25) is 4.79 Å². The highest BCUT2D eigenvalue weighted by molar-refractivity contribution is 5.81. The number of aryl methyl sites for hydroxylation is 2. The highest BCUT2D eigenvalue weighted by atomic mass is 19.1. The SMILES string of the molecule is Cc1ccc([C@H](C)NC(=O)[C@@H](C)Oc2ccc(F)cc2)cc1C. The molecule has 4 heteroatoms. The number of benzene rings is 2. The number of carbonyl (C=O) groups is 1. The number of hydrogen-bond donors (Lipinski definition) is 1. The second-order valence-corrected chi connectivity index (χ2v) is 5.79. The topological polar surface area (TPSA) is 38.3 Å². The van der Waals surface area contributed by atoms with Crippen molar-refractivity contribution < 1.29 is 13.9 Å². The highest BCUT2D eigenvalue weighted by Gasteiger charge is 2.18. The van der Waals surface area contributed by atoms with Gasteiger partial charge in [0.1, 0.15) is 11.6 Å². The summed E-state index contributed by atoms with van der Waals surface area (Å²) in [5.41, 5.74) is 3.47. The standard InChI is InChI=1S/C19H22FNO2/c1-12-5-6-16(11-13(12)2)14(3)21-19(22)15(4)23-18-9-7-17(20)8-10-18/h5-11,14-15H,1-4H3,(H,21,22)/t14-,15+/m0/s1. The van der Waals surface area contributed by atoms with E-state index >= 15 is 0 Å². The van der Waals surface area contributed by atoms with E-state index in [2.05, 4.69) is 18.3 Å². The number of ether oxygens (including phenoxy) is 1. The van der Waals surface area contributed by atoms with Gasteiger partial charge in [0.15, 0.2) is 6.10 Å². The smallest absolute Gasteiger partial charge is 0.261 e. The van der Waals surface area contributed by atoms with Crippen LogP contribution in [0.5, 0.6) is 5.75 Å². The van der Waals surface area contributed by atoms with Crippen molar-refractivity contribution >= 4 is 5.91 Å². The molecule has 0 aliphatic heterocycles. The Bertz CT molecular complexity index is 682. The Hall–Kier alpha value is -2.36. The van der Waals surface area contributed by atoms with Crippen LogP contribution in [0, 0.1) is 19.7 Å². The Morgan fingerprint density at radius 1 is 1.04 bits per heavy atom. The van der Waals surface area contributed by atoms with Crippen molar-refractivity contribution in [1.29, 1.82) is 0 Å². The summed E-state index contributed by atoms with van der Waals surface area (Å²) in [7, 11) is 0. The molecule has 0 aromatic heterocycles. The van der Waals surface area contributed by atoms with Gasteiger partial charge in [-0.2, -0.15) is 0 Å². The molecule has 2 aromatic carbocycles. The third-order valence-electron chi connectivity index (χ3n) is 3.89. The predicted octanol–water partition coefficient (Wildman–Crippen LogP) is 4.09. The lowest BCUT2D eigenvalue weighted by Crippen LogP contribution is -2.37. The Labute approximate surface area is 136 Å². The molecular formula is C19H22FNO2. The summed E-state index contributed by atoms with van der Waals surface area (Å²) in [4.78, 5) is 12.2. The average molecular weight is 315 g/mol. The van der Waals surface area contributed by atoms with E-state index in [-0.39, 0.29) is 17.8 Å². The van der Waals surface area contributed by atoms with Gasteiger partial charge in [-0.25, -0.2) is 4.39 Å². The molecule has 0 heterocycles. The number of hydrogen-bond acceptors (Lipinski definition) is 2. The van der Waals surface area contributed by atoms with Gasteiger partial charge in [0, 0.05) is 0 Å². The van der Waals surface area contributed by atoms with Gasteiger partial charge in [0.25, 0.3) is 5.91 Å². The Kier molecular flexibility index (Phi) is 5.37. The van der Waals surface area contributed by atoms with E-state index in [1.54, 1.807) is 6.92 Å². The normalized spacial score (nSPS) is 13.3. The van der Waals surface area contributed by atoms with Crippen LogP contribution in [-0.2, 0) is 4.79 Å². The largest absolute Gasteiger partial charge is 0.481 e. The summed E-state index contributed by atoms with van der Waals surface area (Å²) >= 11 is 0. The first-order valence-electron chi connectivity index (χ1n) is 7.66. The molecule has 0 aliphatic rings. The third-order valence-corrected chi connectivity index (χ3v) is 3.89. The fourth-order valence-corrected chi connectivity index (χ4v) is 2.22. The molecule has 23 heavy (non-hydrogen) atoms. The molecule has 0 bridgehead atoms. The van der Waals surface area contributed by atoms with Crippen molar-refractivity contribution in [2.75, 3.05) is 0 Å². The van der Waals surface area contributed by atoms with Gasteiger partial charge in [-0.15, -0.1) is 0 Å². The first-order chi connectivity index (χ1) is 10.9. The maximum Gasteiger partial charge on any atom is 0.261 e. The molecule has 2 rings (SSSR count). The molecule has 122 valence electrons. The van der Waals surface area contributed by atoms with E-state index in [4.69, 9.17) is 4.74 Å². The second-order valence-electron chi connectivity index (χ2n) is 5.79. The molecule has 2 aromatic rings. The predicted molar refractivity (Wildman–Crippen MR) is 89.0 cm³/mol. The van der Waals surface area contributed by atoms with Crippen molar-refractivity contribution in [3.8, 4) is 5.75 Å². The first-order valence-corrected chi connectivity index (χ1v) is 7.66. The van der Waals surface area contributed by atoms with Crippen molar-refractivity contribution in [2.24, 2.45) is 0 Å². The van der Waals surface area contributed by atoms with Crippen LogP contribution in [0.2, 0.25) is 0 Å². The minimum atomic E-state index is -0.658. The molecule has 0 aliphatic carbocycles. The molecular weight excluding hydrogens is 293 g/mol. The number of amides is 1. The van der Waals surface area contributed by atoms with Gasteiger partial charge in [-0.05, 0) is 68.7 Å². The maximum atomic E-state index is 12.9. The summed E-state index contributed by atoms with van der Waals surface area (Å²) in [6.07, 6.45) is -0.658. The van der Waals surface area contributed by atoms with Crippen LogP contribution in [-0.4, -0.2) is 12.0 Å². The Morgan fingerprint density at radius 3 is 2.30 bits per heavy atom. The number of carbonyl (C=O) groups excluding carboxylic acids is 1. The van der Waals surface area contributed by atoms with Crippen molar-refractivity contribution in [3.63, 3.8) is 0 Å². The molecule has 0 saturated heterocycles. The van der Waals surface area contributed by atoms with Crippen LogP contribution in [0.3, 0.4) is 0 Å². The van der Waals surface area contributed by atoms with E-state index in [9.17, 15) is 9.18 Å². The zero-order valence-electron chi connectivity index (χ0n) is 13.9. The van der Waals surface area contributed by atoms with Gasteiger partial charge < -0.3 is 10.1 Å². The molecule has 3 nitrogen and oxygen atoms in total. The fourth-order valence-electron chi connectivity index (χ4n) is 2.22. The summed E-state index contributed by atoms with van der Waals surface area (Å²) in [5, 5.41) is 2.94. The molecule has 1 amide bonds. The zero-order valence-corrected chi connectivity index (χ0v) is 13.9. The lowest BCUT2D eigenvalue weighted by Gasteiger charge is -2.19. The zero-order chi connectivity index (χ0) is 17.0. The lowest BCUT2D eigenvalue weighted by molar-refractivity contribution is -0.127. The van der Waals surface area contributed by atoms with Crippen LogP contribution < -0.4 is 10.1 Å². The third kappa shape index (κ3) is 4.55. The Balaban J connectivity index is 1.96. The van der Waals surface area contributed by atoms with Crippen molar-refractivity contribution in [3.05, 3.63) is 65.0 Å². The van der Waals surface area contributed by atoms with Crippen LogP contribution in [0.1, 0.15) is 36.6 Å². The maximum absolute atomic E-state index is 12.9. The molecule has 0 saturated carbocycles. The van der Waals surface area contributed by atoms with Gasteiger partial charge in [-0.1, -0.05) is 18.2 Å². The monoisotopic (exact) mass is 315 g/mol. The van der Waals surface area contributed by atoms with Gasteiger partial charge in [0.05, 0.1) is 6.04 Å². The Morgan fingerprint density at radius 2 is 1.70 bits per heavy atom. The quantitative estimate of drug-likeness (QED) is 0.902. The van der Waals surface area contributed by atoms with Crippen LogP contribution in [0.15, 0.2) is 42.5 Å². The summed E-state index contributed by atoms with van der Waals surface area (Å²) in [6, 6.07) is 11.6. The molecule has 2 atom stereocenters. The van der Waals surface area contributed by atoms with Crippen molar-refractivity contribution in [1.82, 2.24) is 5.32 Å². The molecule has 0 radical (unpaired) electrons. The molecule has 1 N–H and O–H groups in total. The summed E-state index contributed by atoms with van der Waals surface area (Å²) in [5.74, 6) is -0.0780.